The van der Waals surface area contributed by atoms with E-state index in [1.165, 1.54) is 68.9 Å². The lowest BCUT2D eigenvalue weighted by Crippen LogP contribution is -2.74. The van der Waals surface area contributed by atoms with Gasteiger partial charge in [-0.25, -0.2) is 0 Å². The lowest BCUT2D eigenvalue weighted by molar-refractivity contribution is 0.663. The zero-order chi connectivity index (χ0) is 37.7. The zero-order valence-corrected chi connectivity index (χ0v) is 33.4. The van der Waals surface area contributed by atoms with Crippen molar-refractivity contribution >= 4 is 79.2 Å². The molecule has 0 radical (unpaired) electrons. The number of nitrogens with zero attached hydrogens (tertiary/aromatic N) is 1. The molecule has 0 aliphatic heterocycles. The van der Waals surface area contributed by atoms with Crippen LogP contribution in [0.1, 0.15) is 25.0 Å². The summed E-state index contributed by atoms with van der Waals surface area (Å²) in [4.78, 5) is 4.91. The van der Waals surface area contributed by atoms with E-state index in [0.717, 1.165) is 11.4 Å². The Morgan fingerprint density at radius 2 is 0.839 bits per heavy atom. The molecule has 9 aromatic rings. The zero-order valence-electron chi connectivity index (χ0n) is 31.6. The Labute approximate surface area is 334 Å². The van der Waals surface area contributed by atoms with Crippen LogP contribution in [0.2, 0.25) is 0 Å². The normalized spacial score (nSPS) is 13.0. The highest BCUT2D eigenvalue weighted by Crippen LogP contribution is 2.51. The summed E-state index contributed by atoms with van der Waals surface area (Å²) in [5.41, 5.74) is 6.12. The summed E-state index contributed by atoms with van der Waals surface area (Å²) in [7, 11) is -2.67. The number of hydrogen-bond donors (Lipinski definition) is 0. The molecule has 0 bridgehead atoms. The molecule has 0 N–H and O–H groups in total. The van der Waals surface area contributed by atoms with Crippen LogP contribution in [0.3, 0.4) is 0 Å². The van der Waals surface area contributed by atoms with Crippen LogP contribution in [0.5, 0.6) is 0 Å². The van der Waals surface area contributed by atoms with Gasteiger partial charge in [0.25, 0.3) is 0 Å². The molecule has 0 atom stereocenters. The molecule has 0 unspecified atom stereocenters. The van der Waals surface area contributed by atoms with Gasteiger partial charge >= 0.3 is 0 Å². The molecule has 268 valence electrons. The highest BCUT2D eigenvalue weighted by Gasteiger charge is 2.41. The van der Waals surface area contributed by atoms with Gasteiger partial charge in [0.2, 0.25) is 0 Å². The molecule has 1 aliphatic carbocycles. The average Bonchev–Trinajstić information content (AvgIpc) is 3.49. The summed E-state index contributed by atoms with van der Waals surface area (Å²) < 4.78 is 0. The van der Waals surface area contributed by atoms with Crippen LogP contribution < -0.4 is 25.6 Å². The quantitative estimate of drug-likeness (QED) is 0.0821. The molecule has 1 nitrogen and oxygen atoms in total. The number of anilines is 3. The molecule has 3 heteroatoms. The van der Waals surface area contributed by atoms with Crippen LogP contribution in [-0.4, -0.2) is 8.07 Å². The summed E-state index contributed by atoms with van der Waals surface area (Å²) in [6.45, 7) is 4.77. The molecule has 56 heavy (non-hydrogen) atoms. The molecule has 0 fully saturated rings. The van der Waals surface area contributed by atoms with E-state index in [2.05, 4.69) is 231 Å². The summed E-state index contributed by atoms with van der Waals surface area (Å²) in [5.74, 6) is 0. The minimum atomic E-state index is -2.67. The van der Waals surface area contributed by atoms with Crippen LogP contribution >= 0.6 is 11.8 Å². The van der Waals surface area contributed by atoms with Gasteiger partial charge in [0.15, 0.2) is 8.07 Å². The average molecular weight is 752 g/mol. The predicted molar refractivity (Wildman–Crippen MR) is 242 cm³/mol. The molecular weight excluding hydrogens is 711 g/mol. The number of hydrogen-bond acceptors (Lipinski definition) is 2. The molecule has 10 rings (SSSR count). The van der Waals surface area contributed by atoms with Gasteiger partial charge in [0.05, 0.1) is 0 Å². The van der Waals surface area contributed by atoms with Crippen molar-refractivity contribution in [3.05, 3.63) is 223 Å². The first-order valence-electron chi connectivity index (χ1n) is 19.4. The SMILES string of the molecule is CC1(C)c2cccc3ccc4cc(N(c5ccc(Sc6ccccc6)cc5)c5ccc([Si](c6ccccc6)(c6ccccc6)c6ccccc6)cc5)cc1c4c23. The third kappa shape index (κ3) is 5.61. The third-order valence-corrected chi connectivity index (χ3v) is 17.6. The van der Waals surface area contributed by atoms with Crippen molar-refractivity contribution in [2.24, 2.45) is 0 Å². The van der Waals surface area contributed by atoms with Crippen LogP contribution in [0.25, 0.3) is 21.5 Å². The van der Waals surface area contributed by atoms with Crippen molar-refractivity contribution in [2.75, 3.05) is 4.90 Å². The van der Waals surface area contributed by atoms with E-state index < -0.39 is 8.07 Å². The Morgan fingerprint density at radius 1 is 0.375 bits per heavy atom. The van der Waals surface area contributed by atoms with Gasteiger partial charge in [-0.1, -0.05) is 177 Å². The van der Waals surface area contributed by atoms with E-state index in [1.54, 1.807) is 11.8 Å². The van der Waals surface area contributed by atoms with Crippen LogP contribution in [0, 0.1) is 0 Å². The standard InChI is InChI=1S/C53H41NSSi/c1-53(2)49-25-15-16-38-26-27-39-36-42(37-50(53)52(39)51(38)49)54(40-28-32-44(33-29-40)55-43-17-7-3-8-18-43)41-30-34-48(35-31-41)56(45-19-9-4-10-20-45,46-21-11-5-12-22-46)47-23-13-6-14-24-47/h3-37H,1-2H3. The van der Waals surface area contributed by atoms with Crippen LogP contribution in [-0.2, 0) is 5.41 Å². The van der Waals surface area contributed by atoms with Gasteiger partial charge in [0.1, 0.15) is 0 Å². The molecule has 0 heterocycles. The topological polar surface area (TPSA) is 3.24 Å². The molecule has 9 aromatic carbocycles. The fourth-order valence-corrected chi connectivity index (χ4v) is 14.8. The number of rotatable bonds is 9. The molecule has 0 aromatic heterocycles. The minimum Gasteiger partial charge on any atom is -0.310 e. The lowest BCUT2D eigenvalue weighted by atomic mass is 9.81. The van der Waals surface area contributed by atoms with E-state index >= 15 is 0 Å². The second-order valence-electron chi connectivity index (χ2n) is 15.3. The second-order valence-corrected chi connectivity index (χ2v) is 20.3. The fourth-order valence-electron chi connectivity index (χ4n) is 9.17. The second kappa shape index (κ2) is 13.9. The van der Waals surface area contributed by atoms with Gasteiger partial charge < -0.3 is 4.90 Å². The van der Waals surface area contributed by atoms with Gasteiger partial charge in [0, 0.05) is 32.3 Å². The van der Waals surface area contributed by atoms with E-state index in [9.17, 15) is 0 Å². The van der Waals surface area contributed by atoms with Crippen LogP contribution in [0.15, 0.2) is 222 Å². The van der Waals surface area contributed by atoms with Crippen molar-refractivity contribution in [3.8, 4) is 0 Å². The summed E-state index contributed by atoms with van der Waals surface area (Å²) >= 11 is 1.80. The van der Waals surface area contributed by atoms with Crippen LogP contribution in [0.4, 0.5) is 17.1 Å². The van der Waals surface area contributed by atoms with Crippen molar-refractivity contribution in [1.82, 2.24) is 0 Å². The molecule has 0 saturated heterocycles. The predicted octanol–water partition coefficient (Wildman–Crippen LogP) is 11.6. The number of benzene rings is 9. The Morgan fingerprint density at radius 3 is 1.41 bits per heavy atom. The fraction of sp³-hybridized carbons (Fsp3) is 0.0566. The molecule has 0 saturated carbocycles. The largest absolute Gasteiger partial charge is 0.310 e. The molecule has 0 amide bonds. The maximum Gasteiger partial charge on any atom is 0.179 e. The third-order valence-electron chi connectivity index (χ3n) is 11.8. The summed E-state index contributed by atoms with van der Waals surface area (Å²) in [6.07, 6.45) is 0. The Balaban J connectivity index is 1.15. The maximum absolute atomic E-state index is 2.67. The van der Waals surface area contributed by atoms with Crippen molar-refractivity contribution < 1.29 is 0 Å². The Hall–Kier alpha value is -6.13. The Bertz CT molecular complexity index is 2720. The summed E-state index contributed by atoms with van der Waals surface area (Å²) in [6, 6.07) is 79.0. The van der Waals surface area contributed by atoms with E-state index in [4.69, 9.17) is 0 Å². The van der Waals surface area contributed by atoms with E-state index in [1.807, 2.05) is 0 Å². The summed E-state index contributed by atoms with van der Waals surface area (Å²) in [5, 5.41) is 10.9. The monoisotopic (exact) mass is 751 g/mol. The van der Waals surface area contributed by atoms with Crippen molar-refractivity contribution in [3.63, 3.8) is 0 Å². The van der Waals surface area contributed by atoms with Gasteiger partial charge in [-0.05, 0) is 114 Å². The highest BCUT2D eigenvalue weighted by molar-refractivity contribution is 7.99. The smallest absolute Gasteiger partial charge is 0.179 e. The van der Waals surface area contributed by atoms with Crippen molar-refractivity contribution in [1.29, 1.82) is 0 Å². The first kappa shape index (κ1) is 34.4. The Kier molecular flexibility index (Phi) is 8.51. The van der Waals surface area contributed by atoms with Crippen molar-refractivity contribution in [2.45, 2.75) is 29.1 Å². The van der Waals surface area contributed by atoms with Gasteiger partial charge in [-0.15, -0.1) is 0 Å². The van der Waals surface area contributed by atoms with E-state index in [0.29, 0.717) is 0 Å². The highest BCUT2D eigenvalue weighted by atomic mass is 32.2. The van der Waals surface area contributed by atoms with Gasteiger partial charge in [-0.2, -0.15) is 0 Å². The molecule has 0 spiro atoms. The van der Waals surface area contributed by atoms with E-state index in [-0.39, 0.29) is 5.41 Å². The first-order valence-corrected chi connectivity index (χ1v) is 22.2. The lowest BCUT2D eigenvalue weighted by Gasteiger charge is -2.35. The molecule has 1 aliphatic rings. The molecular formula is C53H41NSSi. The van der Waals surface area contributed by atoms with Gasteiger partial charge in [-0.3, -0.25) is 0 Å². The minimum absolute atomic E-state index is 0.116. The maximum atomic E-state index is 2.46. The first-order chi connectivity index (χ1) is 27.5.